The highest BCUT2D eigenvalue weighted by Gasteiger charge is 2.08. The number of thiazole rings is 1. The van der Waals surface area contributed by atoms with Gasteiger partial charge in [-0.3, -0.25) is 9.59 Å². The average molecular weight is 305 g/mol. The fourth-order valence-electron chi connectivity index (χ4n) is 1.67. The number of esters is 1. The van der Waals surface area contributed by atoms with Crippen molar-refractivity contribution in [1.29, 1.82) is 0 Å². The number of nitrogens with zero attached hydrogens (tertiary/aromatic N) is 1. The molecule has 0 aliphatic heterocycles. The lowest BCUT2D eigenvalue weighted by molar-refractivity contribution is -0.139. The van der Waals surface area contributed by atoms with Gasteiger partial charge >= 0.3 is 5.97 Å². The molecule has 6 nitrogen and oxygen atoms in total. The van der Waals surface area contributed by atoms with Crippen LogP contribution in [0.3, 0.4) is 0 Å². The second-order valence-corrected chi connectivity index (χ2v) is 5.14. The smallest absolute Gasteiger partial charge is 0.311 e. The van der Waals surface area contributed by atoms with E-state index >= 15 is 0 Å². The van der Waals surface area contributed by atoms with Crippen LogP contribution in [0.5, 0.6) is 0 Å². The first kappa shape index (κ1) is 15.0. The number of anilines is 3. The summed E-state index contributed by atoms with van der Waals surface area (Å²) in [4.78, 5) is 26.5. The zero-order chi connectivity index (χ0) is 15.2. The second-order valence-electron chi connectivity index (χ2n) is 4.28. The van der Waals surface area contributed by atoms with E-state index < -0.39 is 0 Å². The molecule has 2 rings (SSSR count). The van der Waals surface area contributed by atoms with E-state index in [4.69, 9.17) is 0 Å². The Hall–Kier alpha value is -2.41. The summed E-state index contributed by atoms with van der Waals surface area (Å²) in [5, 5.41) is 8.32. The predicted molar refractivity (Wildman–Crippen MR) is 81.9 cm³/mol. The molecule has 0 saturated heterocycles. The maximum absolute atomic E-state index is 11.2. The van der Waals surface area contributed by atoms with Crippen LogP contribution in [0.4, 0.5) is 16.5 Å². The van der Waals surface area contributed by atoms with Crippen LogP contribution >= 0.6 is 11.3 Å². The van der Waals surface area contributed by atoms with Gasteiger partial charge in [0.1, 0.15) is 0 Å². The summed E-state index contributed by atoms with van der Waals surface area (Å²) >= 11 is 1.40. The normalized spacial score (nSPS) is 10.0. The van der Waals surface area contributed by atoms with Gasteiger partial charge in [-0.25, -0.2) is 4.98 Å². The van der Waals surface area contributed by atoms with Gasteiger partial charge < -0.3 is 15.4 Å². The number of carbonyl (C=O) groups is 2. The highest BCUT2D eigenvalue weighted by Crippen LogP contribution is 2.23. The zero-order valence-corrected chi connectivity index (χ0v) is 12.5. The largest absolute Gasteiger partial charge is 0.469 e. The summed E-state index contributed by atoms with van der Waals surface area (Å²) in [5.74, 6) is -0.443. The van der Waals surface area contributed by atoms with Crippen LogP contribution < -0.4 is 10.6 Å². The molecule has 0 fully saturated rings. The zero-order valence-electron chi connectivity index (χ0n) is 11.7. The van der Waals surface area contributed by atoms with Crippen LogP contribution in [0.2, 0.25) is 0 Å². The van der Waals surface area contributed by atoms with Gasteiger partial charge in [0, 0.05) is 23.7 Å². The van der Waals surface area contributed by atoms with Gasteiger partial charge in [0.25, 0.3) is 0 Å². The summed E-state index contributed by atoms with van der Waals surface area (Å²) in [5.41, 5.74) is 2.17. The first-order valence-corrected chi connectivity index (χ1v) is 7.10. The third kappa shape index (κ3) is 4.57. The summed E-state index contributed by atoms with van der Waals surface area (Å²) in [6.45, 7) is 1.46. The molecule has 0 spiro atoms. The fraction of sp³-hybridized carbons (Fsp3) is 0.214. The number of benzene rings is 1. The van der Waals surface area contributed by atoms with Crippen molar-refractivity contribution in [2.75, 3.05) is 17.7 Å². The van der Waals surface area contributed by atoms with E-state index in [1.165, 1.54) is 25.4 Å². The first-order chi connectivity index (χ1) is 10.1. The van der Waals surface area contributed by atoms with Gasteiger partial charge in [0.15, 0.2) is 5.13 Å². The SMILES string of the molecule is COC(=O)Cc1csc(Nc2cccc(NC(C)=O)c2)n1. The maximum Gasteiger partial charge on any atom is 0.311 e. The summed E-state index contributed by atoms with van der Waals surface area (Å²) in [7, 11) is 1.35. The highest BCUT2D eigenvalue weighted by molar-refractivity contribution is 7.13. The number of hydrogen-bond donors (Lipinski definition) is 2. The molecular formula is C14H15N3O3S. The van der Waals surface area contributed by atoms with Crippen molar-refractivity contribution in [2.24, 2.45) is 0 Å². The van der Waals surface area contributed by atoms with Crippen LogP contribution in [0.1, 0.15) is 12.6 Å². The first-order valence-electron chi connectivity index (χ1n) is 6.22. The molecule has 0 bridgehead atoms. The highest BCUT2D eigenvalue weighted by atomic mass is 32.1. The van der Waals surface area contributed by atoms with E-state index in [-0.39, 0.29) is 18.3 Å². The Morgan fingerprint density at radius 3 is 2.81 bits per heavy atom. The van der Waals surface area contributed by atoms with Crippen LogP contribution in [0.25, 0.3) is 0 Å². The lowest BCUT2D eigenvalue weighted by Gasteiger charge is -2.06. The van der Waals surface area contributed by atoms with Crippen LogP contribution in [-0.2, 0) is 20.7 Å². The van der Waals surface area contributed by atoms with Gasteiger partial charge in [-0.05, 0) is 18.2 Å². The molecule has 0 aliphatic carbocycles. The molecule has 0 saturated carbocycles. The summed E-state index contributed by atoms with van der Waals surface area (Å²) < 4.78 is 4.60. The van der Waals surface area contributed by atoms with Crippen molar-refractivity contribution >= 4 is 39.7 Å². The molecule has 21 heavy (non-hydrogen) atoms. The molecule has 2 N–H and O–H groups in total. The Morgan fingerprint density at radius 2 is 2.10 bits per heavy atom. The molecule has 0 radical (unpaired) electrons. The van der Waals surface area contributed by atoms with Gasteiger partial charge in [-0.1, -0.05) is 6.07 Å². The number of nitrogens with one attached hydrogen (secondary N) is 2. The maximum atomic E-state index is 11.2. The lowest BCUT2D eigenvalue weighted by Crippen LogP contribution is -2.06. The second kappa shape index (κ2) is 6.85. The minimum absolute atomic E-state index is 0.123. The van der Waals surface area contributed by atoms with Crippen molar-refractivity contribution in [3.05, 3.63) is 35.3 Å². The van der Waals surface area contributed by atoms with E-state index in [0.29, 0.717) is 16.5 Å². The summed E-state index contributed by atoms with van der Waals surface area (Å²) in [6, 6.07) is 7.31. The van der Waals surface area contributed by atoms with Crippen LogP contribution in [0, 0.1) is 0 Å². The molecule has 110 valence electrons. The average Bonchev–Trinajstić information content (AvgIpc) is 2.85. The van der Waals surface area contributed by atoms with E-state index in [0.717, 1.165) is 5.69 Å². The van der Waals surface area contributed by atoms with Gasteiger partial charge in [-0.2, -0.15) is 0 Å². The Morgan fingerprint density at radius 1 is 1.33 bits per heavy atom. The number of rotatable bonds is 5. The minimum Gasteiger partial charge on any atom is -0.469 e. The van der Waals surface area contributed by atoms with E-state index in [1.54, 1.807) is 11.4 Å². The van der Waals surface area contributed by atoms with Gasteiger partial charge in [0.2, 0.25) is 5.91 Å². The molecule has 1 aromatic carbocycles. The predicted octanol–water partition coefficient (Wildman–Crippen LogP) is 2.56. The Balaban J connectivity index is 2.04. The fourth-order valence-corrected chi connectivity index (χ4v) is 2.40. The van der Waals surface area contributed by atoms with Gasteiger partial charge in [-0.15, -0.1) is 11.3 Å². The monoisotopic (exact) mass is 305 g/mol. The number of methoxy groups -OCH3 is 1. The molecule has 1 heterocycles. The molecule has 0 unspecified atom stereocenters. The van der Waals surface area contributed by atoms with Crippen LogP contribution in [0.15, 0.2) is 29.6 Å². The minimum atomic E-state index is -0.320. The van der Waals surface area contributed by atoms with E-state index in [1.807, 2.05) is 18.2 Å². The molecular weight excluding hydrogens is 290 g/mol. The quantitative estimate of drug-likeness (QED) is 0.830. The topological polar surface area (TPSA) is 80.3 Å². The van der Waals surface area contributed by atoms with E-state index in [2.05, 4.69) is 20.4 Å². The third-order valence-corrected chi connectivity index (χ3v) is 3.35. The number of ether oxygens (including phenoxy) is 1. The molecule has 1 aromatic heterocycles. The number of carbonyl (C=O) groups excluding carboxylic acids is 2. The molecule has 7 heteroatoms. The van der Waals surface area contributed by atoms with Gasteiger partial charge in [0.05, 0.1) is 19.2 Å². The van der Waals surface area contributed by atoms with Crippen molar-refractivity contribution < 1.29 is 14.3 Å². The Bertz CT molecular complexity index is 654. The van der Waals surface area contributed by atoms with Crippen molar-refractivity contribution in [1.82, 2.24) is 4.98 Å². The Kier molecular flexibility index (Phi) is 4.89. The Labute approximate surface area is 126 Å². The van der Waals surface area contributed by atoms with Crippen molar-refractivity contribution in [3.8, 4) is 0 Å². The lowest BCUT2D eigenvalue weighted by atomic mass is 10.3. The molecule has 0 aliphatic rings. The van der Waals surface area contributed by atoms with Crippen molar-refractivity contribution in [3.63, 3.8) is 0 Å². The van der Waals surface area contributed by atoms with E-state index in [9.17, 15) is 9.59 Å². The number of hydrogen-bond acceptors (Lipinski definition) is 6. The molecule has 2 aromatic rings. The number of amides is 1. The molecule has 1 amide bonds. The number of aromatic nitrogens is 1. The van der Waals surface area contributed by atoms with Crippen LogP contribution in [-0.4, -0.2) is 24.0 Å². The third-order valence-electron chi connectivity index (χ3n) is 2.54. The summed E-state index contributed by atoms with van der Waals surface area (Å²) in [6.07, 6.45) is 0.153. The van der Waals surface area contributed by atoms with Crippen molar-refractivity contribution in [2.45, 2.75) is 13.3 Å². The molecule has 0 atom stereocenters. The standard InChI is InChI=1S/C14H15N3O3S/c1-9(18)15-10-4-3-5-11(6-10)16-14-17-12(8-21-14)7-13(19)20-2/h3-6,8H,7H2,1-2H3,(H,15,18)(H,16,17).